The van der Waals surface area contributed by atoms with Crippen molar-refractivity contribution in [3.63, 3.8) is 0 Å². The van der Waals surface area contributed by atoms with E-state index < -0.39 is 14.1 Å². The van der Waals surface area contributed by atoms with Crippen molar-refractivity contribution in [3.8, 4) is 0 Å². The maximum absolute atomic E-state index is 10.3. The lowest BCUT2D eigenvalue weighted by Gasteiger charge is -2.18. The summed E-state index contributed by atoms with van der Waals surface area (Å²) in [5.74, 6) is -0.0531. The molecule has 0 saturated heterocycles. The minimum absolute atomic E-state index is 0.0531. The van der Waals surface area contributed by atoms with Crippen molar-refractivity contribution < 1.29 is 18.9 Å². The summed E-state index contributed by atoms with van der Waals surface area (Å²) >= 11 is 0. The van der Waals surface area contributed by atoms with E-state index in [9.17, 15) is 4.57 Å². The molecule has 0 rings (SSSR count). The minimum atomic E-state index is -4.41. The second kappa shape index (κ2) is 4.18. The highest BCUT2D eigenvalue weighted by molar-refractivity contribution is 7.46. The second-order valence-electron chi connectivity index (χ2n) is 2.45. The van der Waals surface area contributed by atoms with Crippen LogP contribution < -0.4 is 5.73 Å². The molecule has 0 spiro atoms. The molecule has 0 aliphatic heterocycles. The van der Waals surface area contributed by atoms with E-state index in [0.29, 0.717) is 0 Å². The Morgan fingerprint density at radius 3 is 2.36 bits per heavy atom. The predicted molar refractivity (Wildman–Crippen MR) is 40.6 cm³/mol. The molecule has 2 atom stereocenters. The summed E-state index contributed by atoms with van der Waals surface area (Å²) in [5.41, 5.74) is 5.30. The van der Waals surface area contributed by atoms with E-state index in [4.69, 9.17) is 15.5 Å². The van der Waals surface area contributed by atoms with E-state index >= 15 is 0 Å². The molecule has 0 aliphatic carbocycles. The van der Waals surface area contributed by atoms with Crippen LogP contribution in [0.4, 0.5) is 0 Å². The van der Waals surface area contributed by atoms with Crippen LogP contribution >= 0.6 is 7.82 Å². The predicted octanol–water partition coefficient (Wildman–Crippen LogP) is 0.427. The SMILES string of the molecule is CCC(C)C(N)OP(=O)(O)O. The van der Waals surface area contributed by atoms with Gasteiger partial charge in [-0.3, -0.25) is 4.52 Å². The summed E-state index contributed by atoms with van der Waals surface area (Å²) in [4.78, 5) is 16.7. The number of phosphoric acid groups is 1. The highest BCUT2D eigenvalue weighted by atomic mass is 31.2. The Balaban J connectivity index is 3.87. The van der Waals surface area contributed by atoms with Crippen molar-refractivity contribution in [3.05, 3.63) is 0 Å². The van der Waals surface area contributed by atoms with Crippen LogP contribution in [-0.4, -0.2) is 16.0 Å². The van der Waals surface area contributed by atoms with Crippen LogP contribution in [0.5, 0.6) is 0 Å². The van der Waals surface area contributed by atoms with Gasteiger partial charge in [-0.25, -0.2) is 4.57 Å². The zero-order valence-electron chi connectivity index (χ0n) is 6.60. The van der Waals surface area contributed by atoms with Crippen molar-refractivity contribution in [2.45, 2.75) is 26.5 Å². The number of nitrogens with two attached hydrogens (primary N) is 1. The molecule has 0 saturated carbocycles. The Hall–Kier alpha value is 0.0700. The highest BCUT2D eigenvalue weighted by Gasteiger charge is 2.22. The van der Waals surface area contributed by atoms with Crippen LogP contribution in [0.25, 0.3) is 0 Å². The third-order valence-electron chi connectivity index (χ3n) is 1.46. The molecule has 2 unspecified atom stereocenters. The van der Waals surface area contributed by atoms with Gasteiger partial charge in [0.15, 0.2) is 0 Å². The molecule has 68 valence electrons. The van der Waals surface area contributed by atoms with E-state index in [-0.39, 0.29) is 5.92 Å². The smallest absolute Gasteiger partial charge is 0.305 e. The molecule has 0 radical (unpaired) electrons. The third-order valence-corrected chi connectivity index (χ3v) is 1.98. The normalized spacial score (nSPS) is 17.9. The second-order valence-corrected chi connectivity index (χ2v) is 3.64. The lowest BCUT2D eigenvalue weighted by molar-refractivity contribution is 0.0973. The summed E-state index contributed by atoms with van der Waals surface area (Å²) in [7, 11) is -4.41. The minimum Gasteiger partial charge on any atom is -0.305 e. The quantitative estimate of drug-likeness (QED) is 0.434. The summed E-state index contributed by atoms with van der Waals surface area (Å²) in [5, 5.41) is 0. The lowest BCUT2D eigenvalue weighted by Crippen LogP contribution is -2.29. The fraction of sp³-hybridized carbons (Fsp3) is 1.00. The van der Waals surface area contributed by atoms with Crippen molar-refractivity contribution >= 4 is 7.82 Å². The molecular weight excluding hydrogens is 169 g/mol. The van der Waals surface area contributed by atoms with Gasteiger partial charge in [0.05, 0.1) is 0 Å². The van der Waals surface area contributed by atoms with Crippen LogP contribution in [0.3, 0.4) is 0 Å². The molecule has 6 heteroatoms. The van der Waals surface area contributed by atoms with Gasteiger partial charge in [0, 0.05) is 0 Å². The van der Waals surface area contributed by atoms with E-state index in [0.717, 1.165) is 6.42 Å². The molecule has 4 N–H and O–H groups in total. The van der Waals surface area contributed by atoms with Gasteiger partial charge in [-0.2, -0.15) is 0 Å². The largest absolute Gasteiger partial charge is 0.471 e. The van der Waals surface area contributed by atoms with Gasteiger partial charge in [0.25, 0.3) is 0 Å². The monoisotopic (exact) mass is 183 g/mol. The first-order valence-corrected chi connectivity index (χ1v) is 4.89. The zero-order chi connectivity index (χ0) is 9.07. The first kappa shape index (κ1) is 11.1. The van der Waals surface area contributed by atoms with Crippen molar-refractivity contribution in [2.24, 2.45) is 11.7 Å². The number of rotatable bonds is 4. The molecule has 0 heterocycles. The Labute approximate surface area is 65.8 Å². The van der Waals surface area contributed by atoms with E-state index in [1.54, 1.807) is 6.92 Å². The van der Waals surface area contributed by atoms with Crippen molar-refractivity contribution in [1.82, 2.24) is 0 Å². The molecule has 0 bridgehead atoms. The van der Waals surface area contributed by atoms with Crippen molar-refractivity contribution in [2.75, 3.05) is 0 Å². The Kier molecular flexibility index (Phi) is 4.21. The average molecular weight is 183 g/mol. The maximum Gasteiger partial charge on any atom is 0.471 e. The molecule has 0 aromatic heterocycles. The first-order chi connectivity index (χ1) is 4.87. The summed E-state index contributed by atoms with van der Waals surface area (Å²) in [6.45, 7) is 3.63. The average Bonchev–Trinajstić information content (AvgIpc) is 1.82. The Bertz CT molecular complexity index is 157. The molecule has 0 aromatic carbocycles. The molecule has 0 aromatic rings. The summed E-state index contributed by atoms with van der Waals surface area (Å²) < 4.78 is 14.5. The molecular formula is C5H14NO4P. The third kappa shape index (κ3) is 5.35. The Morgan fingerprint density at radius 2 is 2.09 bits per heavy atom. The number of hydrogen-bond acceptors (Lipinski definition) is 3. The van der Waals surface area contributed by atoms with E-state index in [1.165, 1.54) is 0 Å². The van der Waals surface area contributed by atoms with Gasteiger partial charge in [0.2, 0.25) is 0 Å². The molecule has 0 amide bonds. The maximum atomic E-state index is 10.3. The topological polar surface area (TPSA) is 92.8 Å². The van der Waals surface area contributed by atoms with Gasteiger partial charge in [-0.15, -0.1) is 0 Å². The van der Waals surface area contributed by atoms with Gasteiger partial charge in [-0.1, -0.05) is 13.8 Å². The fourth-order valence-electron chi connectivity index (χ4n) is 0.495. The van der Waals surface area contributed by atoms with E-state index in [2.05, 4.69) is 4.52 Å². The van der Waals surface area contributed by atoms with Crippen LogP contribution in [0, 0.1) is 5.92 Å². The van der Waals surface area contributed by atoms with Gasteiger partial charge in [0.1, 0.15) is 6.23 Å². The Morgan fingerprint density at radius 1 is 1.64 bits per heavy atom. The molecule has 5 nitrogen and oxygen atoms in total. The standard InChI is InChI=1S/C5H14NO4P/c1-3-4(2)5(6)10-11(7,8)9/h4-5H,3,6H2,1-2H3,(H2,7,8,9). The van der Waals surface area contributed by atoms with Crippen LogP contribution in [0.15, 0.2) is 0 Å². The highest BCUT2D eigenvalue weighted by Crippen LogP contribution is 2.38. The summed E-state index contributed by atoms with van der Waals surface area (Å²) in [6, 6.07) is 0. The first-order valence-electron chi connectivity index (χ1n) is 3.36. The molecule has 0 fully saturated rings. The van der Waals surface area contributed by atoms with Crippen LogP contribution in [0.2, 0.25) is 0 Å². The summed E-state index contributed by atoms with van der Waals surface area (Å²) in [6.07, 6.45) is -0.165. The van der Waals surface area contributed by atoms with Crippen LogP contribution in [-0.2, 0) is 9.09 Å². The lowest BCUT2D eigenvalue weighted by atomic mass is 10.1. The fourth-order valence-corrected chi connectivity index (χ4v) is 1.02. The van der Waals surface area contributed by atoms with Crippen molar-refractivity contribution in [1.29, 1.82) is 0 Å². The van der Waals surface area contributed by atoms with E-state index in [1.807, 2.05) is 6.92 Å². The zero-order valence-corrected chi connectivity index (χ0v) is 7.49. The number of phosphoric ester groups is 1. The van der Waals surface area contributed by atoms with Gasteiger partial charge in [-0.05, 0) is 12.3 Å². The van der Waals surface area contributed by atoms with Gasteiger partial charge < -0.3 is 15.5 Å². The van der Waals surface area contributed by atoms with Gasteiger partial charge >= 0.3 is 7.82 Å². The molecule has 11 heavy (non-hydrogen) atoms. The number of hydrogen-bond donors (Lipinski definition) is 3. The van der Waals surface area contributed by atoms with Crippen LogP contribution in [0.1, 0.15) is 20.3 Å². The molecule has 0 aliphatic rings.